The van der Waals surface area contributed by atoms with Crippen molar-refractivity contribution in [3.8, 4) is 0 Å². The Morgan fingerprint density at radius 2 is 2.24 bits per heavy atom. The van der Waals surface area contributed by atoms with Crippen molar-refractivity contribution < 1.29 is 8.42 Å². The minimum Gasteiger partial charge on any atom is -0.372 e. The van der Waals surface area contributed by atoms with Gasteiger partial charge in [0.2, 0.25) is 10.0 Å². The van der Waals surface area contributed by atoms with E-state index in [1.807, 2.05) is 0 Å². The number of sulfonamides is 1. The predicted molar refractivity (Wildman–Crippen MR) is 76.0 cm³/mol. The van der Waals surface area contributed by atoms with Crippen LogP contribution in [0.15, 0.2) is 29.7 Å². The van der Waals surface area contributed by atoms with E-state index in [4.69, 9.17) is 0 Å². The molecule has 0 radical (unpaired) electrons. The monoisotopic (exact) mass is 308 g/mol. The molecule has 3 rings (SSSR count). The van der Waals surface area contributed by atoms with Crippen LogP contribution < -0.4 is 5.32 Å². The lowest BCUT2D eigenvalue weighted by Crippen LogP contribution is -2.31. The molecule has 1 fully saturated rings. The average Bonchev–Trinajstić information content (AvgIpc) is 3.18. The molecule has 0 aliphatic carbocycles. The zero-order valence-electron chi connectivity index (χ0n) is 11.5. The second-order valence-corrected chi connectivity index (χ2v) is 6.68. The maximum absolute atomic E-state index is 12.6. The highest BCUT2D eigenvalue weighted by Crippen LogP contribution is 2.35. The third kappa shape index (κ3) is 2.49. The number of aromatic amines is 1. The summed E-state index contributed by atoms with van der Waals surface area (Å²) in [6.07, 6.45) is 7.47. The van der Waals surface area contributed by atoms with Crippen LogP contribution in [0.4, 0.5) is 5.82 Å². The fourth-order valence-electron chi connectivity index (χ4n) is 2.50. The molecule has 0 aromatic carbocycles. The minimum atomic E-state index is -3.56. The van der Waals surface area contributed by atoms with E-state index in [0.717, 1.165) is 12.8 Å². The van der Waals surface area contributed by atoms with Gasteiger partial charge in [-0.05, 0) is 12.8 Å². The van der Waals surface area contributed by atoms with Gasteiger partial charge in [-0.3, -0.25) is 10.1 Å². The molecule has 0 saturated carbocycles. The van der Waals surface area contributed by atoms with Crippen molar-refractivity contribution in [3.63, 3.8) is 0 Å². The summed E-state index contributed by atoms with van der Waals surface area (Å²) in [4.78, 5) is 8.70. The van der Waals surface area contributed by atoms with Crippen LogP contribution in [0.2, 0.25) is 0 Å². The van der Waals surface area contributed by atoms with Crippen molar-refractivity contribution in [2.75, 3.05) is 18.9 Å². The van der Waals surface area contributed by atoms with E-state index in [1.54, 1.807) is 19.4 Å². The van der Waals surface area contributed by atoms with Crippen molar-refractivity contribution in [1.29, 1.82) is 0 Å². The summed E-state index contributed by atoms with van der Waals surface area (Å²) in [6, 6.07) is -0.286. The largest absolute Gasteiger partial charge is 0.372 e. The van der Waals surface area contributed by atoms with Crippen LogP contribution in [0.3, 0.4) is 0 Å². The molecule has 2 N–H and O–H groups in total. The zero-order chi connectivity index (χ0) is 14.9. The zero-order valence-corrected chi connectivity index (χ0v) is 12.3. The van der Waals surface area contributed by atoms with Crippen molar-refractivity contribution in [2.24, 2.45) is 0 Å². The van der Waals surface area contributed by atoms with Gasteiger partial charge in [0.25, 0.3) is 0 Å². The van der Waals surface area contributed by atoms with Gasteiger partial charge in [-0.25, -0.2) is 13.4 Å². The second-order valence-electron chi connectivity index (χ2n) is 4.79. The lowest BCUT2D eigenvalue weighted by atomic mass is 10.2. The van der Waals surface area contributed by atoms with Crippen molar-refractivity contribution in [2.45, 2.75) is 23.8 Å². The van der Waals surface area contributed by atoms with Gasteiger partial charge in [0.1, 0.15) is 10.7 Å². The smallest absolute Gasteiger partial charge is 0.246 e. The fraction of sp³-hybridized carbons (Fsp3) is 0.417. The van der Waals surface area contributed by atoms with Crippen LogP contribution in [0.25, 0.3) is 0 Å². The van der Waals surface area contributed by atoms with Crippen LogP contribution in [-0.2, 0) is 10.0 Å². The summed E-state index contributed by atoms with van der Waals surface area (Å²) in [5, 5.41) is 9.17. The molecule has 1 saturated heterocycles. The SMILES string of the molecule is CNc1cncc([C@@H]2CCCN2S(=O)(=O)c2cn[nH]c2)n1. The van der Waals surface area contributed by atoms with E-state index < -0.39 is 10.0 Å². The second kappa shape index (κ2) is 5.41. The van der Waals surface area contributed by atoms with E-state index in [1.165, 1.54) is 16.7 Å². The van der Waals surface area contributed by atoms with Gasteiger partial charge in [0.15, 0.2) is 0 Å². The first-order valence-corrected chi connectivity index (χ1v) is 8.07. The Balaban J connectivity index is 1.96. The Morgan fingerprint density at radius 3 is 2.95 bits per heavy atom. The summed E-state index contributed by atoms with van der Waals surface area (Å²) in [5.74, 6) is 0.625. The molecule has 1 aliphatic heterocycles. The van der Waals surface area contributed by atoms with Crippen molar-refractivity contribution >= 4 is 15.8 Å². The van der Waals surface area contributed by atoms with Crippen molar-refractivity contribution in [3.05, 3.63) is 30.5 Å². The van der Waals surface area contributed by atoms with Crippen LogP contribution >= 0.6 is 0 Å². The molecule has 0 unspecified atom stereocenters. The summed E-state index contributed by atoms with van der Waals surface area (Å²) < 4.78 is 26.7. The van der Waals surface area contributed by atoms with Gasteiger partial charge in [-0.2, -0.15) is 9.40 Å². The van der Waals surface area contributed by atoms with E-state index in [-0.39, 0.29) is 10.9 Å². The first kappa shape index (κ1) is 14.0. The Bertz CT molecular complexity index is 715. The first-order chi connectivity index (χ1) is 10.1. The maximum atomic E-state index is 12.6. The molecule has 21 heavy (non-hydrogen) atoms. The van der Waals surface area contributed by atoms with Crippen LogP contribution in [0, 0.1) is 0 Å². The minimum absolute atomic E-state index is 0.173. The summed E-state index contributed by atoms with van der Waals surface area (Å²) in [7, 11) is -1.81. The maximum Gasteiger partial charge on any atom is 0.246 e. The molecule has 9 heteroatoms. The van der Waals surface area contributed by atoms with Gasteiger partial charge in [0, 0.05) is 19.8 Å². The number of aromatic nitrogens is 4. The first-order valence-electron chi connectivity index (χ1n) is 6.63. The number of hydrogen-bond donors (Lipinski definition) is 2. The molecule has 112 valence electrons. The van der Waals surface area contributed by atoms with Crippen LogP contribution in [0.5, 0.6) is 0 Å². The highest BCUT2D eigenvalue weighted by molar-refractivity contribution is 7.89. The fourth-order valence-corrected chi connectivity index (χ4v) is 4.08. The quantitative estimate of drug-likeness (QED) is 0.864. The number of hydrogen-bond acceptors (Lipinski definition) is 6. The van der Waals surface area contributed by atoms with E-state index in [0.29, 0.717) is 18.1 Å². The molecule has 0 amide bonds. The Labute approximate surface area is 122 Å². The highest BCUT2D eigenvalue weighted by Gasteiger charge is 2.37. The highest BCUT2D eigenvalue weighted by atomic mass is 32.2. The molecule has 3 heterocycles. The van der Waals surface area contributed by atoms with Gasteiger partial charge in [-0.1, -0.05) is 0 Å². The molecule has 2 aromatic heterocycles. The van der Waals surface area contributed by atoms with E-state index >= 15 is 0 Å². The molecular weight excluding hydrogens is 292 g/mol. The van der Waals surface area contributed by atoms with Gasteiger partial charge in [0.05, 0.1) is 30.3 Å². The topological polar surface area (TPSA) is 104 Å². The average molecular weight is 308 g/mol. The molecule has 1 aliphatic rings. The summed E-state index contributed by atoms with van der Waals surface area (Å²) >= 11 is 0. The summed E-state index contributed by atoms with van der Waals surface area (Å²) in [5.41, 5.74) is 0.659. The third-order valence-electron chi connectivity index (χ3n) is 3.53. The van der Waals surface area contributed by atoms with Crippen molar-refractivity contribution in [1.82, 2.24) is 24.5 Å². The molecule has 0 bridgehead atoms. The molecule has 1 atom stereocenters. The number of rotatable bonds is 4. The molecule has 8 nitrogen and oxygen atoms in total. The van der Waals surface area contributed by atoms with Gasteiger partial charge < -0.3 is 5.32 Å². The third-order valence-corrected chi connectivity index (χ3v) is 5.41. The Kier molecular flexibility index (Phi) is 3.60. The van der Waals surface area contributed by atoms with E-state index in [9.17, 15) is 8.42 Å². The molecular formula is C12H16N6O2S. The lowest BCUT2D eigenvalue weighted by molar-refractivity contribution is 0.390. The summed E-state index contributed by atoms with van der Waals surface area (Å²) in [6.45, 7) is 0.476. The number of H-pyrrole nitrogens is 1. The van der Waals surface area contributed by atoms with E-state index in [2.05, 4.69) is 25.5 Å². The number of anilines is 1. The predicted octanol–water partition coefficient (Wildman–Crippen LogP) is 0.767. The standard InChI is InChI=1S/C12H16N6O2S/c1-13-12-8-14-7-10(17-12)11-3-2-4-18(11)21(19,20)9-5-15-16-6-9/h5-8,11H,2-4H2,1H3,(H,13,17)(H,15,16)/t11-/m0/s1. The molecule has 2 aromatic rings. The van der Waals surface area contributed by atoms with Gasteiger partial charge >= 0.3 is 0 Å². The van der Waals surface area contributed by atoms with Gasteiger partial charge in [-0.15, -0.1) is 0 Å². The lowest BCUT2D eigenvalue weighted by Gasteiger charge is -2.22. The Hall–Kier alpha value is -2.00. The number of nitrogens with one attached hydrogen (secondary N) is 2. The number of nitrogens with zero attached hydrogens (tertiary/aromatic N) is 4. The van der Waals surface area contributed by atoms with Crippen LogP contribution in [-0.4, -0.2) is 46.5 Å². The van der Waals surface area contributed by atoms with Crippen LogP contribution in [0.1, 0.15) is 24.6 Å². The Morgan fingerprint density at radius 1 is 1.38 bits per heavy atom. The molecule has 0 spiro atoms. The normalized spacial score (nSPS) is 19.8.